The number of nitrogens with one attached hydrogen (secondary N) is 1. The van der Waals surface area contributed by atoms with Crippen molar-refractivity contribution in [2.75, 3.05) is 5.32 Å². The van der Waals surface area contributed by atoms with E-state index >= 15 is 0 Å². The third kappa shape index (κ3) is 5.51. The molecule has 2 aromatic heterocycles. The highest BCUT2D eigenvalue weighted by Crippen LogP contribution is 2.31. The van der Waals surface area contributed by atoms with Gasteiger partial charge in [0.15, 0.2) is 10.1 Å². The summed E-state index contributed by atoms with van der Waals surface area (Å²) in [6, 6.07) is 9.28. The number of alkyl halides is 2. The van der Waals surface area contributed by atoms with Crippen LogP contribution in [0.25, 0.3) is 0 Å². The van der Waals surface area contributed by atoms with Crippen molar-refractivity contribution in [2.24, 2.45) is 0 Å². The Labute approximate surface area is 161 Å². The van der Waals surface area contributed by atoms with Crippen LogP contribution in [0.2, 0.25) is 0 Å². The lowest BCUT2D eigenvalue weighted by Gasteiger charge is -2.09. The van der Waals surface area contributed by atoms with Gasteiger partial charge >= 0.3 is 6.61 Å². The molecule has 142 valence electrons. The zero-order valence-corrected chi connectivity index (χ0v) is 15.7. The molecule has 3 rings (SSSR count). The minimum absolute atomic E-state index is 0.0123. The van der Waals surface area contributed by atoms with E-state index in [-0.39, 0.29) is 11.5 Å². The second-order valence-electron chi connectivity index (χ2n) is 5.33. The minimum atomic E-state index is -2.89. The number of rotatable bonds is 9. The molecule has 0 bridgehead atoms. The maximum Gasteiger partial charge on any atom is 0.387 e. The molecule has 0 aliphatic rings. The number of hydrogen-bond donors (Lipinski definition) is 1. The summed E-state index contributed by atoms with van der Waals surface area (Å²) in [6.07, 6.45) is 1.60. The number of anilines is 1. The fourth-order valence-corrected chi connectivity index (χ4v) is 4.11. The van der Waals surface area contributed by atoms with Gasteiger partial charge < -0.3 is 14.5 Å². The molecule has 27 heavy (non-hydrogen) atoms. The Bertz CT molecular complexity index is 870. The molecule has 6 nitrogen and oxygen atoms in total. The van der Waals surface area contributed by atoms with E-state index in [9.17, 15) is 13.6 Å². The Hall–Kier alpha value is -2.46. The Morgan fingerprint density at radius 3 is 2.74 bits per heavy atom. The number of furan rings is 1. The lowest BCUT2D eigenvalue weighted by molar-refractivity contribution is -0.0498. The number of Topliss-reactive ketones (excluding diaryl/α,β-unsaturated/α-hetero) is 1. The van der Waals surface area contributed by atoms with Crippen molar-refractivity contribution in [1.29, 1.82) is 0 Å². The van der Waals surface area contributed by atoms with E-state index < -0.39 is 11.9 Å². The van der Waals surface area contributed by atoms with Gasteiger partial charge in [0.05, 0.1) is 18.1 Å². The van der Waals surface area contributed by atoms with Gasteiger partial charge in [-0.2, -0.15) is 8.78 Å². The van der Waals surface area contributed by atoms with E-state index in [4.69, 9.17) is 4.42 Å². The predicted octanol–water partition coefficient (Wildman–Crippen LogP) is 4.71. The quantitative estimate of drug-likeness (QED) is 0.404. The summed E-state index contributed by atoms with van der Waals surface area (Å²) in [7, 11) is 0. The molecule has 0 fully saturated rings. The smallest absolute Gasteiger partial charge is 0.387 e. The van der Waals surface area contributed by atoms with Crippen LogP contribution in [0.15, 0.2) is 51.4 Å². The largest absolute Gasteiger partial charge is 0.467 e. The minimum Gasteiger partial charge on any atom is -0.467 e. The van der Waals surface area contributed by atoms with Crippen molar-refractivity contribution in [3.63, 3.8) is 0 Å². The number of carbonyl (C=O) groups excluding carboxylic acids is 1. The first-order valence-electron chi connectivity index (χ1n) is 7.87. The van der Waals surface area contributed by atoms with Gasteiger partial charge in [0, 0.05) is 5.56 Å². The summed E-state index contributed by atoms with van der Waals surface area (Å²) in [5, 5.41) is 11.4. The maximum atomic E-state index is 12.5. The van der Waals surface area contributed by atoms with E-state index in [0.29, 0.717) is 21.6 Å². The molecule has 0 saturated carbocycles. The first kappa shape index (κ1) is 19.3. The summed E-state index contributed by atoms with van der Waals surface area (Å²) < 4.78 is 34.5. The molecule has 2 heterocycles. The molecule has 0 spiro atoms. The molecule has 0 aliphatic heterocycles. The first-order chi connectivity index (χ1) is 13.0. The topological polar surface area (TPSA) is 77.3 Å². The van der Waals surface area contributed by atoms with Crippen molar-refractivity contribution < 1.29 is 22.7 Å². The molecule has 0 aliphatic carbocycles. The normalized spacial score (nSPS) is 12.1. The number of halogens is 2. The molecule has 0 amide bonds. The second kappa shape index (κ2) is 8.96. The lowest BCUT2D eigenvalue weighted by Crippen LogP contribution is -2.13. The third-order valence-electron chi connectivity index (χ3n) is 3.41. The number of ether oxygens (including phenoxy) is 1. The Morgan fingerprint density at radius 1 is 1.30 bits per heavy atom. The van der Waals surface area contributed by atoms with Crippen LogP contribution in [0, 0.1) is 0 Å². The fraction of sp³-hybridized carbons (Fsp3) is 0.235. The molecule has 0 saturated heterocycles. The highest BCUT2D eigenvalue weighted by atomic mass is 32.2. The number of benzene rings is 1. The van der Waals surface area contributed by atoms with E-state index in [1.54, 1.807) is 19.3 Å². The number of thioether (sulfide) groups is 1. The van der Waals surface area contributed by atoms with Gasteiger partial charge in [-0.1, -0.05) is 23.1 Å². The Kier molecular flexibility index (Phi) is 6.40. The van der Waals surface area contributed by atoms with Crippen LogP contribution < -0.4 is 10.1 Å². The molecule has 1 aromatic carbocycles. The van der Waals surface area contributed by atoms with Crippen molar-refractivity contribution >= 4 is 34.0 Å². The average Bonchev–Trinajstić information content (AvgIpc) is 3.31. The van der Waals surface area contributed by atoms with Crippen LogP contribution in [0.5, 0.6) is 5.75 Å². The van der Waals surface area contributed by atoms with Crippen LogP contribution in [-0.2, 0) is 6.54 Å². The Morgan fingerprint density at radius 2 is 2.07 bits per heavy atom. The maximum absolute atomic E-state index is 12.5. The zero-order valence-electron chi connectivity index (χ0n) is 14.1. The van der Waals surface area contributed by atoms with Gasteiger partial charge in [0.2, 0.25) is 5.13 Å². The summed E-state index contributed by atoms with van der Waals surface area (Å²) >= 11 is 2.62. The summed E-state index contributed by atoms with van der Waals surface area (Å²) in [5.74, 6) is 0.657. The van der Waals surface area contributed by atoms with E-state index in [1.807, 2.05) is 6.07 Å². The molecular formula is C17H15F2N3O3S2. The van der Waals surface area contributed by atoms with Gasteiger partial charge in [-0.3, -0.25) is 4.79 Å². The van der Waals surface area contributed by atoms with Gasteiger partial charge in [0.1, 0.15) is 11.5 Å². The van der Waals surface area contributed by atoms with Crippen molar-refractivity contribution in [1.82, 2.24) is 10.2 Å². The van der Waals surface area contributed by atoms with Crippen molar-refractivity contribution in [3.8, 4) is 5.75 Å². The van der Waals surface area contributed by atoms with E-state index in [2.05, 4.69) is 20.3 Å². The predicted molar refractivity (Wildman–Crippen MR) is 98.7 cm³/mol. The van der Waals surface area contributed by atoms with Gasteiger partial charge in [0.25, 0.3) is 0 Å². The summed E-state index contributed by atoms with van der Waals surface area (Å²) in [4.78, 5) is 12.5. The highest BCUT2D eigenvalue weighted by molar-refractivity contribution is 8.02. The van der Waals surface area contributed by atoms with E-state index in [0.717, 1.165) is 5.76 Å². The number of ketones is 1. The molecule has 0 radical (unpaired) electrons. The van der Waals surface area contributed by atoms with Crippen LogP contribution in [0.3, 0.4) is 0 Å². The van der Waals surface area contributed by atoms with Crippen molar-refractivity contribution in [2.45, 2.75) is 29.7 Å². The highest BCUT2D eigenvalue weighted by Gasteiger charge is 2.19. The molecule has 0 unspecified atom stereocenters. The summed E-state index contributed by atoms with van der Waals surface area (Å²) in [6.45, 7) is -0.643. The van der Waals surface area contributed by atoms with Gasteiger partial charge in [-0.25, -0.2) is 0 Å². The van der Waals surface area contributed by atoms with Crippen LogP contribution >= 0.6 is 23.1 Å². The number of nitrogens with zero attached hydrogens (tertiary/aromatic N) is 2. The van der Waals surface area contributed by atoms with E-state index in [1.165, 1.54) is 47.4 Å². The first-order valence-corrected chi connectivity index (χ1v) is 9.56. The second-order valence-corrected chi connectivity index (χ2v) is 7.90. The number of hydrogen-bond acceptors (Lipinski definition) is 8. The lowest BCUT2D eigenvalue weighted by atomic mass is 10.1. The van der Waals surface area contributed by atoms with Crippen LogP contribution in [0.4, 0.5) is 13.9 Å². The molecule has 1 atom stereocenters. The zero-order chi connectivity index (χ0) is 19.2. The molecule has 1 N–H and O–H groups in total. The fourth-order valence-electron chi connectivity index (χ4n) is 2.14. The average molecular weight is 411 g/mol. The number of aromatic nitrogens is 2. The SMILES string of the molecule is C[C@H](Sc1nnc(NCc2ccco2)s1)C(=O)c1ccc(OC(F)F)cc1. The standard InChI is InChI=1S/C17H15F2N3O3S2/c1-10(14(23)11-4-6-12(7-5-11)25-15(18)19)26-17-22-21-16(27-17)20-9-13-3-2-8-24-13/h2-8,10,15H,9H2,1H3,(H,20,21)/t10-/m0/s1. The van der Waals surface area contributed by atoms with Gasteiger partial charge in [-0.15, -0.1) is 10.2 Å². The van der Waals surface area contributed by atoms with Crippen molar-refractivity contribution in [3.05, 3.63) is 54.0 Å². The molecule has 10 heteroatoms. The van der Waals surface area contributed by atoms with Crippen LogP contribution in [-0.4, -0.2) is 27.8 Å². The molecular weight excluding hydrogens is 396 g/mol. The third-order valence-corrected chi connectivity index (χ3v) is 5.48. The van der Waals surface area contributed by atoms with Gasteiger partial charge in [-0.05, 0) is 43.3 Å². The number of carbonyl (C=O) groups is 1. The summed E-state index contributed by atoms with van der Waals surface area (Å²) in [5.41, 5.74) is 0.414. The Balaban J connectivity index is 1.55. The van der Waals surface area contributed by atoms with Crippen LogP contribution in [0.1, 0.15) is 23.0 Å². The monoisotopic (exact) mass is 411 g/mol. The molecule has 3 aromatic rings.